The minimum Gasteiger partial charge on any atom is -0.497 e. The lowest BCUT2D eigenvalue weighted by atomic mass is 10.0. The number of fused-ring (bicyclic) bond motifs is 1. The highest BCUT2D eigenvalue weighted by Crippen LogP contribution is 2.32. The summed E-state index contributed by atoms with van der Waals surface area (Å²) >= 11 is 0. The van der Waals surface area contributed by atoms with E-state index in [9.17, 15) is 5.11 Å². The van der Waals surface area contributed by atoms with Crippen molar-refractivity contribution in [3.8, 4) is 5.75 Å². The summed E-state index contributed by atoms with van der Waals surface area (Å²) in [7, 11) is 1.67. The first kappa shape index (κ1) is 17.5. The van der Waals surface area contributed by atoms with Crippen LogP contribution in [0.25, 0.3) is 11.0 Å². The smallest absolute Gasteiger partial charge is 0.134 e. The molecule has 3 rings (SSSR count). The maximum Gasteiger partial charge on any atom is 0.134 e. The number of benzene rings is 2. The predicted octanol–water partition coefficient (Wildman–Crippen LogP) is 4.65. The fourth-order valence-electron chi connectivity index (χ4n) is 3.27. The van der Waals surface area contributed by atoms with E-state index < -0.39 is 0 Å². The first-order valence-corrected chi connectivity index (χ1v) is 8.56. The largest absolute Gasteiger partial charge is 0.497 e. The van der Waals surface area contributed by atoms with Crippen LogP contribution >= 0.6 is 0 Å². The van der Waals surface area contributed by atoms with Crippen molar-refractivity contribution in [3.05, 3.63) is 64.9 Å². The van der Waals surface area contributed by atoms with Crippen LogP contribution in [0.1, 0.15) is 48.4 Å². The molecule has 3 aromatic rings. The number of aliphatic hydroxyl groups excluding tert-OH is 1. The Morgan fingerprint density at radius 3 is 2.64 bits per heavy atom. The summed E-state index contributed by atoms with van der Waals surface area (Å²) in [6.07, 6.45) is 0. The van der Waals surface area contributed by atoms with E-state index in [1.165, 1.54) is 0 Å². The van der Waals surface area contributed by atoms with Crippen LogP contribution in [0.4, 0.5) is 0 Å². The van der Waals surface area contributed by atoms with Crippen LogP contribution in [-0.2, 0) is 6.61 Å². The van der Waals surface area contributed by atoms with Gasteiger partial charge in [0.25, 0.3) is 0 Å². The van der Waals surface area contributed by atoms with Crippen LogP contribution in [0.15, 0.2) is 46.9 Å². The minimum absolute atomic E-state index is 0.0562. The topological polar surface area (TPSA) is 54.6 Å². The summed E-state index contributed by atoms with van der Waals surface area (Å²) in [4.78, 5) is 0. The van der Waals surface area contributed by atoms with E-state index in [-0.39, 0.29) is 18.7 Å². The van der Waals surface area contributed by atoms with E-state index in [0.29, 0.717) is 0 Å². The normalized spacial score (nSPS) is 13.8. The molecule has 4 nitrogen and oxygen atoms in total. The highest BCUT2D eigenvalue weighted by Gasteiger charge is 2.19. The molecular formula is C21H25NO3. The molecule has 2 aromatic carbocycles. The van der Waals surface area contributed by atoms with Crippen LogP contribution in [0.5, 0.6) is 5.75 Å². The highest BCUT2D eigenvalue weighted by atomic mass is 16.5. The zero-order valence-corrected chi connectivity index (χ0v) is 15.2. The van der Waals surface area contributed by atoms with Gasteiger partial charge in [0.15, 0.2) is 0 Å². The second kappa shape index (κ2) is 7.30. The first-order valence-electron chi connectivity index (χ1n) is 8.56. The predicted molar refractivity (Wildman–Crippen MR) is 99.8 cm³/mol. The molecule has 0 saturated heterocycles. The summed E-state index contributed by atoms with van der Waals surface area (Å²) in [6.45, 7) is 6.36. The molecule has 0 spiro atoms. The van der Waals surface area contributed by atoms with E-state index in [0.717, 1.165) is 39.2 Å². The number of hydrogen-bond donors (Lipinski definition) is 2. The molecule has 0 aliphatic rings. The Morgan fingerprint density at radius 1 is 1.12 bits per heavy atom. The summed E-state index contributed by atoms with van der Waals surface area (Å²) in [5.74, 6) is 1.77. The maximum absolute atomic E-state index is 9.32. The maximum atomic E-state index is 9.32. The summed E-state index contributed by atoms with van der Waals surface area (Å²) in [6, 6.07) is 14.1. The molecule has 0 aliphatic heterocycles. The van der Waals surface area contributed by atoms with Gasteiger partial charge in [-0.25, -0.2) is 0 Å². The van der Waals surface area contributed by atoms with Gasteiger partial charge in [0.1, 0.15) is 17.1 Å². The Morgan fingerprint density at radius 2 is 1.92 bits per heavy atom. The van der Waals surface area contributed by atoms with Gasteiger partial charge in [-0.2, -0.15) is 0 Å². The zero-order valence-electron chi connectivity index (χ0n) is 15.2. The average Bonchev–Trinajstić information content (AvgIpc) is 2.98. The molecule has 25 heavy (non-hydrogen) atoms. The molecule has 0 aliphatic carbocycles. The van der Waals surface area contributed by atoms with E-state index in [1.807, 2.05) is 36.4 Å². The van der Waals surface area contributed by atoms with Gasteiger partial charge in [0, 0.05) is 17.0 Å². The molecule has 2 unspecified atom stereocenters. The van der Waals surface area contributed by atoms with Crippen LogP contribution in [0.2, 0.25) is 0 Å². The van der Waals surface area contributed by atoms with Gasteiger partial charge < -0.3 is 19.6 Å². The first-order chi connectivity index (χ1) is 12.0. The molecule has 0 fully saturated rings. The Labute approximate surface area is 148 Å². The third-order valence-electron chi connectivity index (χ3n) is 4.71. The number of furan rings is 1. The lowest BCUT2D eigenvalue weighted by molar-refractivity contribution is 0.281. The molecule has 0 saturated carbocycles. The summed E-state index contributed by atoms with van der Waals surface area (Å²) < 4.78 is 11.4. The molecule has 2 atom stereocenters. The molecule has 1 aromatic heterocycles. The molecule has 0 bridgehead atoms. The zero-order chi connectivity index (χ0) is 18.0. The van der Waals surface area contributed by atoms with Gasteiger partial charge in [-0.05, 0) is 50.1 Å². The van der Waals surface area contributed by atoms with Gasteiger partial charge in [0.2, 0.25) is 0 Å². The molecule has 2 N–H and O–H groups in total. The van der Waals surface area contributed by atoms with Gasteiger partial charge in [-0.15, -0.1) is 0 Å². The van der Waals surface area contributed by atoms with Crippen molar-refractivity contribution in [3.63, 3.8) is 0 Å². The van der Waals surface area contributed by atoms with Crippen LogP contribution in [-0.4, -0.2) is 12.2 Å². The minimum atomic E-state index is 0.0562. The van der Waals surface area contributed by atoms with Crippen molar-refractivity contribution in [2.75, 3.05) is 7.11 Å². The van der Waals surface area contributed by atoms with Crippen molar-refractivity contribution in [1.29, 1.82) is 0 Å². The monoisotopic (exact) mass is 339 g/mol. The van der Waals surface area contributed by atoms with Crippen LogP contribution in [0, 0.1) is 6.92 Å². The molecule has 0 radical (unpaired) electrons. The average molecular weight is 339 g/mol. The fourth-order valence-corrected chi connectivity index (χ4v) is 3.27. The molecule has 132 valence electrons. The van der Waals surface area contributed by atoms with E-state index in [4.69, 9.17) is 9.15 Å². The van der Waals surface area contributed by atoms with E-state index in [1.54, 1.807) is 7.11 Å². The fraction of sp³-hybridized carbons (Fsp3) is 0.333. The van der Waals surface area contributed by atoms with Crippen molar-refractivity contribution < 1.29 is 14.3 Å². The van der Waals surface area contributed by atoms with E-state index >= 15 is 0 Å². The number of methoxy groups -OCH3 is 1. The SMILES string of the molecule is COc1ccc2oc(C(C)NC(C)c3cccc(CO)c3)c(C)c2c1. The second-order valence-corrected chi connectivity index (χ2v) is 6.47. The molecular weight excluding hydrogens is 314 g/mol. The van der Waals surface area contributed by atoms with Crippen molar-refractivity contribution in [2.45, 2.75) is 39.5 Å². The number of aryl methyl sites for hydroxylation is 1. The molecule has 4 heteroatoms. The van der Waals surface area contributed by atoms with E-state index in [2.05, 4.69) is 32.2 Å². The summed E-state index contributed by atoms with van der Waals surface area (Å²) in [5.41, 5.74) is 4.07. The third-order valence-corrected chi connectivity index (χ3v) is 4.71. The van der Waals surface area contributed by atoms with Crippen molar-refractivity contribution in [1.82, 2.24) is 5.32 Å². The second-order valence-electron chi connectivity index (χ2n) is 6.47. The highest BCUT2D eigenvalue weighted by molar-refractivity contribution is 5.83. The molecule has 1 heterocycles. The van der Waals surface area contributed by atoms with Crippen LogP contribution in [0.3, 0.4) is 0 Å². The third kappa shape index (κ3) is 3.55. The number of ether oxygens (including phenoxy) is 1. The van der Waals surface area contributed by atoms with Gasteiger partial charge in [-0.3, -0.25) is 0 Å². The lowest BCUT2D eigenvalue weighted by Gasteiger charge is -2.20. The number of nitrogens with one attached hydrogen (secondary N) is 1. The van der Waals surface area contributed by atoms with Crippen molar-refractivity contribution >= 4 is 11.0 Å². The van der Waals surface area contributed by atoms with Gasteiger partial charge >= 0.3 is 0 Å². The Kier molecular flexibility index (Phi) is 5.11. The van der Waals surface area contributed by atoms with Gasteiger partial charge in [0.05, 0.1) is 19.8 Å². The number of hydrogen-bond acceptors (Lipinski definition) is 4. The lowest BCUT2D eigenvalue weighted by Crippen LogP contribution is -2.22. The van der Waals surface area contributed by atoms with Gasteiger partial charge in [-0.1, -0.05) is 24.3 Å². The number of aliphatic hydroxyl groups is 1. The quantitative estimate of drug-likeness (QED) is 0.686. The summed E-state index contributed by atoms with van der Waals surface area (Å²) in [5, 5.41) is 14.0. The number of rotatable bonds is 6. The van der Waals surface area contributed by atoms with Crippen LogP contribution < -0.4 is 10.1 Å². The Balaban J connectivity index is 1.84. The van der Waals surface area contributed by atoms with Crippen molar-refractivity contribution in [2.24, 2.45) is 0 Å². The Hall–Kier alpha value is -2.30. The Bertz CT molecular complexity index is 869. The standard InChI is InChI=1S/C21H25NO3/c1-13-19-11-18(24-4)8-9-20(19)25-21(13)15(3)22-14(2)17-7-5-6-16(10-17)12-23/h5-11,14-15,22-23H,12H2,1-4H3. The molecule has 0 amide bonds.